The number of alkyl halides is 1. The highest BCUT2D eigenvalue weighted by Crippen LogP contribution is 2.09. The summed E-state index contributed by atoms with van der Waals surface area (Å²) in [5.74, 6) is 0.862. The molecule has 21 heavy (non-hydrogen) atoms. The maximum Gasteiger partial charge on any atom is 0.160 e. The van der Waals surface area contributed by atoms with E-state index in [1.165, 1.54) is 0 Å². The molecule has 0 saturated carbocycles. The van der Waals surface area contributed by atoms with Crippen LogP contribution in [-0.2, 0) is 36.4 Å². The molecule has 0 radical (unpaired) electrons. The highest BCUT2D eigenvalue weighted by molar-refractivity contribution is 7.79. The highest BCUT2D eigenvalue weighted by atomic mass is 35.5. The van der Waals surface area contributed by atoms with Crippen molar-refractivity contribution in [2.75, 3.05) is 33.0 Å². The van der Waals surface area contributed by atoms with Crippen LogP contribution in [0, 0.1) is 0 Å². The molecule has 0 amide bonds. The third-order valence-electron chi connectivity index (χ3n) is 2.62. The Hall–Kier alpha value is -0.460. The zero-order valence-corrected chi connectivity index (χ0v) is 14.0. The van der Waals surface area contributed by atoms with Gasteiger partial charge >= 0.3 is 0 Å². The predicted molar refractivity (Wildman–Crippen MR) is 85.7 cm³/mol. The van der Waals surface area contributed by atoms with Gasteiger partial charge in [-0.05, 0) is 17.5 Å². The summed E-state index contributed by atoms with van der Waals surface area (Å²) in [6, 6.07) is 7.69. The second kappa shape index (κ2) is 12.1. The monoisotopic (exact) mass is 334 g/mol. The van der Waals surface area contributed by atoms with E-state index >= 15 is 0 Å². The maximum absolute atomic E-state index is 11.7. The lowest BCUT2D eigenvalue weighted by Crippen LogP contribution is -2.11. The molecule has 4 nitrogen and oxygen atoms in total. The first-order chi connectivity index (χ1) is 10.3. The van der Waals surface area contributed by atoms with Crippen molar-refractivity contribution >= 4 is 22.7 Å². The molecule has 0 spiro atoms. The Bertz CT molecular complexity index is 397. The number of ether oxygens (including phenoxy) is 2. The lowest BCUT2D eigenvalue weighted by molar-refractivity contribution is 0.0381. The van der Waals surface area contributed by atoms with E-state index in [2.05, 4.69) is 6.92 Å². The van der Waals surface area contributed by atoms with Crippen LogP contribution in [0.3, 0.4) is 0 Å². The smallest absolute Gasteiger partial charge is 0.160 e. The zero-order valence-electron chi connectivity index (χ0n) is 12.4. The van der Waals surface area contributed by atoms with E-state index < -0.39 is 11.1 Å². The van der Waals surface area contributed by atoms with E-state index in [1.54, 1.807) is 0 Å². The van der Waals surface area contributed by atoms with Crippen LogP contribution in [0.4, 0.5) is 0 Å². The first-order valence-corrected chi connectivity index (χ1v) is 8.85. The molecule has 1 aromatic rings. The van der Waals surface area contributed by atoms with E-state index in [1.807, 2.05) is 24.3 Å². The molecular weight excluding hydrogens is 312 g/mol. The number of halogens is 1. The quantitative estimate of drug-likeness (QED) is 0.435. The molecule has 0 aliphatic heterocycles. The SMILES string of the molecule is CCCOCCOCCOS(=O)Cc1ccc(CCl)cc1. The molecule has 0 aliphatic carbocycles. The molecule has 0 aromatic heterocycles. The lowest BCUT2D eigenvalue weighted by atomic mass is 10.2. The Balaban J connectivity index is 2.05. The molecule has 0 heterocycles. The Kier molecular flexibility index (Phi) is 10.7. The number of hydrogen-bond acceptors (Lipinski definition) is 4. The fraction of sp³-hybridized carbons (Fsp3) is 0.600. The molecule has 0 N–H and O–H groups in total. The Morgan fingerprint density at radius 3 is 2.14 bits per heavy atom. The molecular formula is C15H23ClO4S. The van der Waals surface area contributed by atoms with Crippen LogP contribution in [0.2, 0.25) is 0 Å². The summed E-state index contributed by atoms with van der Waals surface area (Å²) in [7, 11) is 0. The van der Waals surface area contributed by atoms with Crippen molar-refractivity contribution in [3.63, 3.8) is 0 Å². The maximum atomic E-state index is 11.7. The van der Waals surface area contributed by atoms with Gasteiger partial charge in [0.15, 0.2) is 11.1 Å². The number of rotatable bonds is 12. The third-order valence-corrected chi connectivity index (χ3v) is 3.93. The van der Waals surface area contributed by atoms with Gasteiger partial charge < -0.3 is 9.47 Å². The van der Waals surface area contributed by atoms with Crippen LogP contribution in [0.25, 0.3) is 0 Å². The zero-order chi connectivity index (χ0) is 15.3. The molecule has 120 valence electrons. The summed E-state index contributed by atoms with van der Waals surface area (Å²) in [4.78, 5) is 0. The van der Waals surface area contributed by atoms with Crippen LogP contribution in [0.15, 0.2) is 24.3 Å². The molecule has 1 atom stereocenters. The fourth-order valence-electron chi connectivity index (χ4n) is 1.55. The number of benzene rings is 1. The van der Waals surface area contributed by atoms with Crippen molar-refractivity contribution < 1.29 is 17.9 Å². The summed E-state index contributed by atoms with van der Waals surface area (Å²) in [5, 5.41) is 0. The van der Waals surface area contributed by atoms with Crippen LogP contribution < -0.4 is 0 Å². The largest absolute Gasteiger partial charge is 0.379 e. The third kappa shape index (κ3) is 9.22. The highest BCUT2D eigenvalue weighted by Gasteiger charge is 2.03. The van der Waals surface area contributed by atoms with Crippen molar-refractivity contribution in [2.45, 2.75) is 25.0 Å². The second-order valence-electron chi connectivity index (χ2n) is 4.44. The Labute approximate surface area is 134 Å². The molecule has 1 unspecified atom stereocenters. The van der Waals surface area contributed by atoms with Crippen molar-refractivity contribution in [1.29, 1.82) is 0 Å². The second-order valence-corrected chi connectivity index (χ2v) is 5.84. The van der Waals surface area contributed by atoms with Crippen LogP contribution in [0.1, 0.15) is 24.5 Å². The average Bonchev–Trinajstić information content (AvgIpc) is 2.50. The lowest BCUT2D eigenvalue weighted by Gasteiger charge is -2.06. The first-order valence-electron chi connectivity index (χ1n) is 7.07. The first kappa shape index (κ1) is 18.6. The molecule has 1 aromatic carbocycles. The molecule has 0 saturated heterocycles. The van der Waals surface area contributed by atoms with Crippen molar-refractivity contribution in [3.8, 4) is 0 Å². The molecule has 1 rings (SSSR count). The van der Waals surface area contributed by atoms with Crippen molar-refractivity contribution in [3.05, 3.63) is 35.4 Å². The van der Waals surface area contributed by atoms with Gasteiger partial charge in [-0.3, -0.25) is 4.18 Å². The van der Waals surface area contributed by atoms with E-state index in [4.69, 9.17) is 25.3 Å². The topological polar surface area (TPSA) is 44.8 Å². The molecule has 0 bridgehead atoms. The van der Waals surface area contributed by atoms with Gasteiger partial charge in [-0.2, -0.15) is 0 Å². The van der Waals surface area contributed by atoms with Gasteiger partial charge in [-0.25, -0.2) is 4.21 Å². The van der Waals surface area contributed by atoms with Gasteiger partial charge in [0.1, 0.15) is 0 Å². The molecule has 6 heteroatoms. The van der Waals surface area contributed by atoms with E-state index in [0.717, 1.165) is 24.2 Å². The van der Waals surface area contributed by atoms with E-state index in [9.17, 15) is 4.21 Å². The van der Waals surface area contributed by atoms with E-state index in [-0.39, 0.29) is 0 Å². The van der Waals surface area contributed by atoms with E-state index in [0.29, 0.717) is 38.1 Å². The van der Waals surface area contributed by atoms with Gasteiger partial charge in [0.05, 0.1) is 32.2 Å². The van der Waals surface area contributed by atoms with Gasteiger partial charge in [0.25, 0.3) is 0 Å². The number of hydrogen-bond donors (Lipinski definition) is 0. The van der Waals surface area contributed by atoms with Crippen molar-refractivity contribution in [2.24, 2.45) is 0 Å². The van der Waals surface area contributed by atoms with Crippen LogP contribution >= 0.6 is 11.6 Å². The van der Waals surface area contributed by atoms with Gasteiger partial charge in [-0.1, -0.05) is 31.2 Å². The summed E-state index contributed by atoms with van der Waals surface area (Å²) in [5.41, 5.74) is 2.02. The summed E-state index contributed by atoms with van der Waals surface area (Å²) in [6.07, 6.45) is 1.01. The minimum Gasteiger partial charge on any atom is -0.379 e. The standard InChI is InChI=1S/C15H23ClO4S/c1-2-7-18-8-9-19-10-11-20-21(17)13-15-5-3-14(12-16)4-6-15/h3-6H,2,7-13H2,1H3. The molecule has 0 aliphatic rings. The van der Waals surface area contributed by atoms with Crippen LogP contribution in [0.5, 0.6) is 0 Å². The minimum atomic E-state index is -1.33. The minimum absolute atomic E-state index is 0.320. The van der Waals surface area contributed by atoms with Crippen molar-refractivity contribution in [1.82, 2.24) is 0 Å². The molecule has 0 fully saturated rings. The summed E-state index contributed by atoms with van der Waals surface area (Å²) < 4.78 is 27.5. The summed E-state index contributed by atoms with van der Waals surface area (Å²) >= 11 is 4.38. The normalized spacial score (nSPS) is 12.5. The van der Waals surface area contributed by atoms with Gasteiger partial charge in [0, 0.05) is 12.5 Å². The van der Waals surface area contributed by atoms with Gasteiger partial charge in [-0.15, -0.1) is 11.6 Å². The fourth-order valence-corrected chi connectivity index (χ4v) is 2.53. The van der Waals surface area contributed by atoms with Crippen LogP contribution in [-0.4, -0.2) is 37.2 Å². The van der Waals surface area contributed by atoms with Gasteiger partial charge in [0.2, 0.25) is 0 Å². The Morgan fingerprint density at radius 2 is 1.52 bits per heavy atom. The Morgan fingerprint density at radius 1 is 0.952 bits per heavy atom. The summed E-state index contributed by atoms with van der Waals surface area (Å²) in [6.45, 7) is 4.69. The predicted octanol–water partition coefficient (Wildman–Crippen LogP) is 3.05. The average molecular weight is 335 g/mol.